The van der Waals surface area contributed by atoms with E-state index >= 15 is 0 Å². The van der Waals surface area contributed by atoms with E-state index < -0.39 is 0 Å². The van der Waals surface area contributed by atoms with E-state index in [9.17, 15) is 4.79 Å². The van der Waals surface area contributed by atoms with Crippen molar-refractivity contribution in [3.05, 3.63) is 16.8 Å². The lowest BCUT2D eigenvalue weighted by Crippen LogP contribution is -2.41. The Balaban J connectivity index is 1.41. The van der Waals surface area contributed by atoms with Crippen LogP contribution in [-0.2, 0) is 22.4 Å². The highest BCUT2D eigenvalue weighted by Crippen LogP contribution is 2.40. The first-order valence-corrected chi connectivity index (χ1v) is 10.4. The lowest BCUT2D eigenvalue weighted by atomic mass is 9.95. The van der Waals surface area contributed by atoms with E-state index in [1.807, 2.05) is 11.3 Å². The van der Waals surface area contributed by atoms with Gasteiger partial charge in [0.05, 0.1) is 5.39 Å². The second kappa shape index (κ2) is 7.88. The van der Waals surface area contributed by atoms with Crippen LogP contribution in [0.15, 0.2) is 6.33 Å². The van der Waals surface area contributed by atoms with Crippen LogP contribution >= 0.6 is 11.3 Å². The Bertz CT molecular complexity index is 783. The van der Waals surface area contributed by atoms with E-state index in [0.717, 1.165) is 49.4 Å². The predicted octanol–water partition coefficient (Wildman–Crippen LogP) is 2.55. The van der Waals surface area contributed by atoms with Crippen molar-refractivity contribution in [2.45, 2.75) is 38.5 Å². The quantitative estimate of drug-likeness (QED) is 0.787. The number of amides is 1. The van der Waals surface area contributed by atoms with Crippen molar-refractivity contribution >= 4 is 33.3 Å². The molecule has 1 aliphatic heterocycles. The molecule has 0 unspecified atom stereocenters. The zero-order chi connectivity index (χ0) is 17.9. The van der Waals surface area contributed by atoms with E-state index in [1.54, 1.807) is 13.4 Å². The topological polar surface area (TPSA) is 67.3 Å². The van der Waals surface area contributed by atoms with Gasteiger partial charge in [-0.05, 0) is 44.1 Å². The molecule has 1 N–H and O–H groups in total. The highest BCUT2D eigenvalue weighted by molar-refractivity contribution is 7.19. The van der Waals surface area contributed by atoms with E-state index in [4.69, 9.17) is 4.74 Å². The lowest BCUT2D eigenvalue weighted by molar-refractivity contribution is -0.125. The number of rotatable bonds is 6. The largest absolute Gasteiger partial charge is 0.385 e. The Labute approximate surface area is 158 Å². The van der Waals surface area contributed by atoms with Crippen molar-refractivity contribution in [1.82, 2.24) is 15.3 Å². The van der Waals surface area contributed by atoms with Gasteiger partial charge >= 0.3 is 0 Å². The molecule has 0 saturated carbocycles. The molecule has 0 spiro atoms. The number of methoxy groups -OCH3 is 1. The van der Waals surface area contributed by atoms with Crippen molar-refractivity contribution in [3.63, 3.8) is 0 Å². The molecule has 7 heteroatoms. The van der Waals surface area contributed by atoms with Crippen LogP contribution in [0.4, 0.5) is 5.82 Å². The number of thiophene rings is 1. The van der Waals surface area contributed by atoms with Gasteiger partial charge in [0.15, 0.2) is 0 Å². The van der Waals surface area contributed by atoms with E-state index in [1.165, 1.54) is 28.7 Å². The highest BCUT2D eigenvalue weighted by Gasteiger charge is 2.28. The van der Waals surface area contributed by atoms with Crippen molar-refractivity contribution in [2.24, 2.45) is 5.92 Å². The molecular weight excluding hydrogens is 348 g/mol. The molecule has 0 radical (unpaired) electrons. The number of nitrogens with zero attached hydrogens (tertiary/aromatic N) is 3. The minimum Gasteiger partial charge on any atom is -0.385 e. The molecule has 0 bridgehead atoms. The van der Waals surface area contributed by atoms with Crippen LogP contribution in [0.2, 0.25) is 0 Å². The number of hydrogen-bond acceptors (Lipinski definition) is 6. The number of aromatic nitrogens is 2. The highest BCUT2D eigenvalue weighted by atomic mass is 32.1. The molecule has 0 atom stereocenters. The Morgan fingerprint density at radius 3 is 3.00 bits per heavy atom. The normalized spacial score (nSPS) is 17.7. The summed E-state index contributed by atoms with van der Waals surface area (Å²) in [6.45, 7) is 3.15. The molecule has 1 fully saturated rings. The standard InChI is InChI=1S/C19H26N4O2S/c1-25-11-3-8-20-18(24)13-6-9-23(10-7-13)17-16-14-4-2-5-15(14)26-19(16)22-12-21-17/h12-13H,2-11H2,1H3,(H,20,24). The predicted molar refractivity (Wildman–Crippen MR) is 104 cm³/mol. The minimum absolute atomic E-state index is 0.110. The van der Waals surface area contributed by atoms with Crippen molar-refractivity contribution in [1.29, 1.82) is 0 Å². The van der Waals surface area contributed by atoms with Gasteiger partial charge in [0, 0.05) is 44.1 Å². The Kier molecular flexibility index (Phi) is 5.36. The summed E-state index contributed by atoms with van der Waals surface area (Å²) in [6.07, 6.45) is 7.90. The molecule has 26 heavy (non-hydrogen) atoms. The number of aryl methyl sites for hydroxylation is 2. The second-order valence-electron chi connectivity index (χ2n) is 7.13. The Morgan fingerprint density at radius 2 is 2.19 bits per heavy atom. The molecule has 1 aliphatic carbocycles. The number of piperidine rings is 1. The van der Waals surface area contributed by atoms with Crippen LogP contribution in [0.3, 0.4) is 0 Å². The summed E-state index contributed by atoms with van der Waals surface area (Å²) in [5.74, 6) is 1.37. The summed E-state index contributed by atoms with van der Waals surface area (Å²) in [5.41, 5.74) is 1.47. The number of carbonyl (C=O) groups excluding carboxylic acids is 1. The SMILES string of the molecule is COCCCNC(=O)C1CCN(c2ncnc3sc4c(c23)CCC4)CC1. The summed E-state index contributed by atoms with van der Waals surface area (Å²) in [4.78, 5) is 26.4. The fraction of sp³-hybridized carbons (Fsp3) is 0.632. The third-order valence-corrected chi connectivity index (χ3v) is 6.67. The first-order valence-electron chi connectivity index (χ1n) is 9.54. The molecule has 140 valence electrons. The minimum atomic E-state index is 0.110. The maximum Gasteiger partial charge on any atom is 0.223 e. The van der Waals surface area contributed by atoms with Crippen molar-refractivity contribution in [3.8, 4) is 0 Å². The fourth-order valence-corrected chi connectivity index (χ4v) is 5.30. The summed E-state index contributed by atoms with van der Waals surface area (Å²) in [7, 11) is 1.69. The van der Waals surface area contributed by atoms with Gasteiger partial charge in [-0.15, -0.1) is 11.3 Å². The number of hydrogen-bond donors (Lipinski definition) is 1. The molecule has 3 heterocycles. The van der Waals surface area contributed by atoms with Gasteiger partial charge in [-0.25, -0.2) is 9.97 Å². The molecule has 2 aliphatic rings. The Morgan fingerprint density at radius 1 is 1.35 bits per heavy atom. The second-order valence-corrected chi connectivity index (χ2v) is 8.22. The van der Waals surface area contributed by atoms with Crippen LogP contribution in [-0.4, -0.2) is 49.2 Å². The van der Waals surface area contributed by atoms with E-state index in [2.05, 4.69) is 20.2 Å². The third-order valence-electron chi connectivity index (χ3n) is 5.47. The van der Waals surface area contributed by atoms with Crippen LogP contribution in [0, 0.1) is 5.92 Å². The Hall–Kier alpha value is -1.73. The first-order chi connectivity index (χ1) is 12.8. The monoisotopic (exact) mass is 374 g/mol. The van der Waals surface area contributed by atoms with Crippen LogP contribution in [0.5, 0.6) is 0 Å². The van der Waals surface area contributed by atoms with E-state index in [0.29, 0.717) is 13.2 Å². The van der Waals surface area contributed by atoms with Crippen LogP contribution in [0.1, 0.15) is 36.1 Å². The van der Waals surface area contributed by atoms with Gasteiger partial charge in [0.25, 0.3) is 0 Å². The number of nitrogens with one attached hydrogen (secondary N) is 1. The summed E-state index contributed by atoms with van der Waals surface area (Å²) >= 11 is 1.83. The number of carbonyl (C=O) groups is 1. The van der Waals surface area contributed by atoms with E-state index in [-0.39, 0.29) is 11.8 Å². The van der Waals surface area contributed by atoms with Crippen LogP contribution < -0.4 is 10.2 Å². The van der Waals surface area contributed by atoms with Gasteiger partial charge in [0.2, 0.25) is 5.91 Å². The maximum absolute atomic E-state index is 12.3. The van der Waals surface area contributed by atoms with Crippen LogP contribution in [0.25, 0.3) is 10.2 Å². The zero-order valence-electron chi connectivity index (χ0n) is 15.3. The fourth-order valence-electron chi connectivity index (χ4n) is 4.08. The van der Waals surface area contributed by atoms with Crippen molar-refractivity contribution in [2.75, 3.05) is 38.3 Å². The molecule has 2 aromatic rings. The summed E-state index contributed by atoms with van der Waals surface area (Å²) < 4.78 is 5.02. The molecule has 0 aromatic carbocycles. The summed E-state index contributed by atoms with van der Waals surface area (Å²) in [5, 5.41) is 4.31. The molecule has 4 rings (SSSR count). The lowest BCUT2D eigenvalue weighted by Gasteiger charge is -2.32. The smallest absolute Gasteiger partial charge is 0.223 e. The first kappa shape index (κ1) is 17.7. The van der Waals surface area contributed by atoms with Gasteiger partial charge < -0.3 is 15.0 Å². The van der Waals surface area contributed by atoms with Gasteiger partial charge in [-0.2, -0.15) is 0 Å². The number of fused-ring (bicyclic) bond motifs is 3. The third kappa shape index (κ3) is 3.42. The van der Waals surface area contributed by atoms with Crippen molar-refractivity contribution < 1.29 is 9.53 Å². The molecule has 1 saturated heterocycles. The average Bonchev–Trinajstić information content (AvgIpc) is 3.26. The summed E-state index contributed by atoms with van der Waals surface area (Å²) in [6, 6.07) is 0. The number of anilines is 1. The van der Waals surface area contributed by atoms with Gasteiger partial charge in [-0.3, -0.25) is 4.79 Å². The number of ether oxygens (including phenoxy) is 1. The average molecular weight is 375 g/mol. The molecule has 6 nitrogen and oxygen atoms in total. The molecule has 2 aromatic heterocycles. The zero-order valence-corrected chi connectivity index (χ0v) is 16.1. The molecule has 1 amide bonds. The molecular formula is C19H26N4O2S. The maximum atomic E-state index is 12.3. The van der Waals surface area contributed by atoms with Gasteiger partial charge in [0.1, 0.15) is 17.0 Å². The van der Waals surface area contributed by atoms with Gasteiger partial charge in [-0.1, -0.05) is 0 Å².